The van der Waals surface area contributed by atoms with Gasteiger partial charge in [-0.1, -0.05) is 0 Å². The summed E-state index contributed by atoms with van der Waals surface area (Å²) in [6.07, 6.45) is 5.61. The Kier molecular flexibility index (Phi) is 4.05. The summed E-state index contributed by atoms with van der Waals surface area (Å²) in [4.78, 5) is 4.36. The Balaban J connectivity index is 1.87. The molecule has 0 unspecified atom stereocenters. The first kappa shape index (κ1) is 12.8. The monoisotopic (exact) mass is 298 g/mol. The maximum absolute atomic E-state index is 5.15. The van der Waals surface area contributed by atoms with E-state index in [4.69, 9.17) is 4.74 Å². The number of nitrogens with zero attached hydrogens (tertiary/aromatic N) is 1. The summed E-state index contributed by atoms with van der Waals surface area (Å²) in [5, 5.41) is 3.44. The van der Waals surface area contributed by atoms with Crippen molar-refractivity contribution < 1.29 is 4.74 Å². The van der Waals surface area contributed by atoms with Crippen LogP contribution in [0.15, 0.2) is 16.7 Å². The lowest BCUT2D eigenvalue weighted by atomic mass is 10.0. The van der Waals surface area contributed by atoms with Crippen molar-refractivity contribution >= 4 is 21.7 Å². The fraction of sp³-hybridized carbons (Fsp3) is 0.615. The Morgan fingerprint density at radius 1 is 1.53 bits per heavy atom. The summed E-state index contributed by atoms with van der Waals surface area (Å²) in [7, 11) is 1.77. The molecule has 0 spiro atoms. The number of ether oxygens (including phenoxy) is 1. The van der Waals surface area contributed by atoms with Crippen LogP contribution in [0.5, 0.6) is 0 Å². The number of pyridine rings is 1. The maximum Gasteiger partial charge on any atom is 0.126 e. The van der Waals surface area contributed by atoms with Gasteiger partial charge >= 0.3 is 0 Å². The average molecular weight is 299 g/mol. The van der Waals surface area contributed by atoms with Crippen LogP contribution in [0.4, 0.5) is 5.82 Å². The van der Waals surface area contributed by atoms with Gasteiger partial charge in [0.2, 0.25) is 0 Å². The largest absolute Gasteiger partial charge is 0.385 e. The Bertz CT molecular complexity index is 391. The molecule has 0 aromatic carbocycles. The topological polar surface area (TPSA) is 34.1 Å². The zero-order valence-corrected chi connectivity index (χ0v) is 12.0. The van der Waals surface area contributed by atoms with Crippen molar-refractivity contribution in [3.05, 3.63) is 22.3 Å². The lowest BCUT2D eigenvalue weighted by Crippen LogP contribution is -2.17. The molecule has 0 saturated heterocycles. The average Bonchev–Trinajstić information content (AvgIpc) is 3.09. The first-order valence-corrected chi connectivity index (χ1v) is 6.79. The van der Waals surface area contributed by atoms with E-state index in [2.05, 4.69) is 39.2 Å². The second kappa shape index (κ2) is 5.36. The molecule has 1 saturated carbocycles. The van der Waals surface area contributed by atoms with Gasteiger partial charge in [-0.2, -0.15) is 0 Å². The van der Waals surface area contributed by atoms with Gasteiger partial charge in [-0.3, -0.25) is 0 Å². The lowest BCUT2D eigenvalue weighted by Gasteiger charge is -2.16. The molecule has 1 aliphatic rings. The van der Waals surface area contributed by atoms with Gasteiger partial charge in [-0.05, 0) is 59.2 Å². The van der Waals surface area contributed by atoms with Crippen molar-refractivity contribution in [2.75, 3.05) is 25.6 Å². The number of methoxy groups -OCH3 is 1. The van der Waals surface area contributed by atoms with Gasteiger partial charge in [0.1, 0.15) is 5.82 Å². The number of aryl methyl sites for hydroxylation is 1. The lowest BCUT2D eigenvalue weighted by molar-refractivity contribution is 0.175. The Hall–Kier alpha value is -0.610. The minimum absolute atomic E-state index is 0.457. The fourth-order valence-electron chi connectivity index (χ4n) is 1.92. The normalized spacial score (nSPS) is 16.9. The molecule has 0 radical (unpaired) electrons. The fourth-order valence-corrected chi connectivity index (χ4v) is 2.14. The molecule has 0 amide bonds. The first-order chi connectivity index (χ1) is 8.15. The zero-order valence-electron chi connectivity index (χ0n) is 10.4. The van der Waals surface area contributed by atoms with E-state index in [9.17, 15) is 0 Å². The summed E-state index contributed by atoms with van der Waals surface area (Å²) in [6, 6.07) is 2.08. The van der Waals surface area contributed by atoms with E-state index < -0.39 is 0 Å². The number of rotatable bonds is 6. The summed E-state index contributed by atoms with van der Waals surface area (Å²) in [6.45, 7) is 3.94. The molecule has 1 aliphatic carbocycles. The Morgan fingerprint density at radius 2 is 2.29 bits per heavy atom. The number of halogens is 1. The molecule has 17 heavy (non-hydrogen) atoms. The Morgan fingerprint density at radius 3 is 2.88 bits per heavy atom. The third-order valence-corrected chi connectivity index (χ3v) is 4.32. The predicted octanol–water partition coefficient (Wildman–Crippen LogP) is 3.38. The smallest absolute Gasteiger partial charge is 0.126 e. The first-order valence-electron chi connectivity index (χ1n) is 6.00. The van der Waals surface area contributed by atoms with E-state index in [1.807, 2.05) is 6.20 Å². The van der Waals surface area contributed by atoms with Crippen LogP contribution < -0.4 is 5.32 Å². The van der Waals surface area contributed by atoms with Crippen LogP contribution in [-0.4, -0.2) is 25.2 Å². The highest BCUT2D eigenvalue weighted by Gasteiger charge is 2.41. The molecule has 94 valence electrons. The molecule has 0 atom stereocenters. The summed E-state index contributed by atoms with van der Waals surface area (Å²) < 4.78 is 6.21. The molecular formula is C13H19BrN2O. The number of hydrogen-bond donors (Lipinski definition) is 1. The van der Waals surface area contributed by atoms with E-state index in [1.54, 1.807) is 7.11 Å². The van der Waals surface area contributed by atoms with Gasteiger partial charge in [0, 0.05) is 30.9 Å². The second-order valence-corrected chi connectivity index (χ2v) is 5.77. The van der Waals surface area contributed by atoms with Crippen LogP contribution in [0.2, 0.25) is 0 Å². The van der Waals surface area contributed by atoms with Crippen molar-refractivity contribution in [2.45, 2.75) is 26.2 Å². The van der Waals surface area contributed by atoms with Gasteiger partial charge in [-0.15, -0.1) is 0 Å². The van der Waals surface area contributed by atoms with Gasteiger partial charge in [0.15, 0.2) is 0 Å². The van der Waals surface area contributed by atoms with E-state index in [1.165, 1.54) is 18.4 Å². The molecule has 1 aromatic rings. The minimum atomic E-state index is 0.457. The minimum Gasteiger partial charge on any atom is -0.385 e. The molecule has 2 rings (SSSR count). The molecule has 0 bridgehead atoms. The van der Waals surface area contributed by atoms with Crippen LogP contribution in [0.1, 0.15) is 24.8 Å². The van der Waals surface area contributed by atoms with Crippen molar-refractivity contribution in [3.63, 3.8) is 0 Å². The molecule has 1 N–H and O–H groups in total. The number of nitrogens with one attached hydrogen (secondary N) is 1. The molecule has 1 fully saturated rings. The summed E-state index contributed by atoms with van der Waals surface area (Å²) >= 11 is 3.46. The van der Waals surface area contributed by atoms with Gasteiger partial charge < -0.3 is 10.1 Å². The van der Waals surface area contributed by atoms with E-state index in [-0.39, 0.29) is 0 Å². The summed E-state index contributed by atoms with van der Waals surface area (Å²) in [5.74, 6) is 0.967. The van der Waals surface area contributed by atoms with Crippen LogP contribution in [0, 0.1) is 12.3 Å². The van der Waals surface area contributed by atoms with Crippen molar-refractivity contribution in [3.8, 4) is 0 Å². The highest BCUT2D eigenvalue weighted by Crippen LogP contribution is 2.48. The highest BCUT2D eigenvalue weighted by atomic mass is 79.9. The molecule has 1 heterocycles. The van der Waals surface area contributed by atoms with Crippen LogP contribution in [0.3, 0.4) is 0 Å². The number of anilines is 1. The molecular weight excluding hydrogens is 280 g/mol. The van der Waals surface area contributed by atoms with Gasteiger partial charge in [0.25, 0.3) is 0 Å². The number of hydrogen-bond acceptors (Lipinski definition) is 3. The second-order valence-electron chi connectivity index (χ2n) is 4.92. The van der Waals surface area contributed by atoms with Crippen LogP contribution >= 0.6 is 15.9 Å². The SMILES string of the molecule is COCCC1(CNc2cc(C)c(Br)cn2)CC1. The van der Waals surface area contributed by atoms with Crippen molar-refractivity contribution in [2.24, 2.45) is 5.41 Å². The van der Waals surface area contributed by atoms with E-state index in [0.29, 0.717) is 5.41 Å². The van der Waals surface area contributed by atoms with Crippen molar-refractivity contribution in [1.29, 1.82) is 0 Å². The Labute approximate surface area is 111 Å². The van der Waals surface area contributed by atoms with Gasteiger partial charge in [-0.25, -0.2) is 4.98 Å². The number of aromatic nitrogens is 1. The van der Waals surface area contributed by atoms with E-state index >= 15 is 0 Å². The predicted molar refractivity (Wildman–Crippen MR) is 73.3 cm³/mol. The molecule has 4 heteroatoms. The zero-order chi connectivity index (χ0) is 12.3. The standard InChI is InChI=1S/C13H19BrN2O/c1-10-7-12(15-8-11(10)14)16-9-13(3-4-13)5-6-17-2/h7-8H,3-6,9H2,1-2H3,(H,15,16). The third kappa shape index (κ3) is 3.42. The maximum atomic E-state index is 5.15. The summed E-state index contributed by atoms with van der Waals surface area (Å²) in [5.41, 5.74) is 1.67. The van der Waals surface area contributed by atoms with Gasteiger partial charge in [0.05, 0.1) is 0 Å². The van der Waals surface area contributed by atoms with Crippen LogP contribution in [-0.2, 0) is 4.74 Å². The highest BCUT2D eigenvalue weighted by molar-refractivity contribution is 9.10. The van der Waals surface area contributed by atoms with E-state index in [0.717, 1.165) is 29.9 Å². The molecule has 1 aromatic heterocycles. The van der Waals surface area contributed by atoms with Crippen LogP contribution in [0.25, 0.3) is 0 Å². The van der Waals surface area contributed by atoms with Crippen molar-refractivity contribution in [1.82, 2.24) is 4.98 Å². The molecule has 3 nitrogen and oxygen atoms in total. The molecule has 0 aliphatic heterocycles. The third-order valence-electron chi connectivity index (χ3n) is 3.49. The quantitative estimate of drug-likeness (QED) is 0.874.